The number of aromatic nitrogens is 1. The Bertz CT molecular complexity index is 1100. The lowest BCUT2D eigenvalue weighted by Crippen LogP contribution is -2.13. The molecule has 5 heteroatoms. The van der Waals surface area contributed by atoms with Crippen LogP contribution in [0.4, 0.5) is 5.69 Å². The molecule has 4 nitrogen and oxygen atoms in total. The fourth-order valence-electron chi connectivity index (χ4n) is 3.44. The summed E-state index contributed by atoms with van der Waals surface area (Å²) in [5.74, 6) is -0.257. The van der Waals surface area contributed by atoms with Crippen molar-refractivity contribution < 1.29 is 4.79 Å². The molecule has 2 aromatic carbocycles. The molecular formula is C21H17ClN2O2. The van der Waals surface area contributed by atoms with E-state index in [1.54, 1.807) is 18.2 Å². The van der Waals surface area contributed by atoms with Gasteiger partial charge in [-0.1, -0.05) is 35.9 Å². The number of benzene rings is 2. The quantitative estimate of drug-likeness (QED) is 0.680. The van der Waals surface area contributed by atoms with Gasteiger partial charge in [0.1, 0.15) is 0 Å². The van der Waals surface area contributed by atoms with Gasteiger partial charge in [0.05, 0.1) is 5.52 Å². The lowest BCUT2D eigenvalue weighted by Gasteiger charge is -2.08. The number of hydrogen-bond donors (Lipinski definition) is 2. The zero-order chi connectivity index (χ0) is 18.1. The van der Waals surface area contributed by atoms with Crippen molar-refractivity contribution in [1.29, 1.82) is 0 Å². The van der Waals surface area contributed by atoms with Crippen LogP contribution in [0.1, 0.15) is 23.1 Å². The van der Waals surface area contributed by atoms with E-state index < -0.39 is 0 Å². The van der Waals surface area contributed by atoms with Gasteiger partial charge in [-0.05, 0) is 54.7 Å². The summed E-state index contributed by atoms with van der Waals surface area (Å²) >= 11 is 6.08. The second-order valence-corrected chi connectivity index (χ2v) is 6.78. The van der Waals surface area contributed by atoms with Gasteiger partial charge in [-0.3, -0.25) is 9.59 Å². The molecule has 130 valence electrons. The molecule has 0 unspecified atom stereocenters. The highest BCUT2D eigenvalue weighted by Gasteiger charge is 2.17. The number of carbonyl (C=O) groups excluding carboxylic acids is 1. The number of rotatable bonds is 3. The van der Waals surface area contributed by atoms with Crippen LogP contribution in [0.15, 0.2) is 53.3 Å². The minimum absolute atomic E-state index is 0.0212. The van der Waals surface area contributed by atoms with E-state index in [9.17, 15) is 9.59 Å². The number of nitrogens with one attached hydrogen (secondary N) is 2. The Morgan fingerprint density at radius 3 is 2.77 bits per heavy atom. The first-order valence-corrected chi connectivity index (χ1v) is 8.91. The van der Waals surface area contributed by atoms with Gasteiger partial charge in [-0.15, -0.1) is 0 Å². The number of pyridine rings is 1. The van der Waals surface area contributed by atoms with Gasteiger partial charge < -0.3 is 10.3 Å². The molecule has 26 heavy (non-hydrogen) atoms. The number of anilines is 1. The first-order chi connectivity index (χ1) is 12.6. The first kappa shape index (κ1) is 16.6. The summed E-state index contributed by atoms with van der Waals surface area (Å²) in [5.41, 5.74) is 4.19. The van der Waals surface area contributed by atoms with Crippen LogP contribution in [-0.2, 0) is 17.6 Å². The van der Waals surface area contributed by atoms with Crippen LogP contribution in [0.3, 0.4) is 0 Å². The van der Waals surface area contributed by atoms with Crippen LogP contribution in [0, 0.1) is 0 Å². The van der Waals surface area contributed by atoms with Crippen molar-refractivity contribution in [1.82, 2.24) is 4.98 Å². The van der Waals surface area contributed by atoms with Crippen molar-refractivity contribution in [2.24, 2.45) is 0 Å². The molecule has 0 atom stereocenters. The van der Waals surface area contributed by atoms with Crippen LogP contribution in [-0.4, -0.2) is 10.9 Å². The highest BCUT2D eigenvalue weighted by Crippen LogP contribution is 2.27. The Labute approximate surface area is 155 Å². The van der Waals surface area contributed by atoms with Crippen molar-refractivity contribution in [2.45, 2.75) is 19.3 Å². The maximum Gasteiger partial charge on any atom is 0.251 e. The van der Waals surface area contributed by atoms with Crippen molar-refractivity contribution in [2.75, 3.05) is 5.32 Å². The lowest BCUT2D eigenvalue weighted by molar-refractivity contribution is -0.111. The monoisotopic (exact) mass is 364 g/mol. The van der Waals surface area contributed by atoms with E-state index in [-0.39, 0.29) is 11.5 Å². The van der Waals surface area contributed by atoms with Gasteiger partial charge >= 0.3 is 0 Å². The number of carbonyl (C=O) groups is 1. The maximum atomic E-state index is 12.2. The third-order valence-corrected chi connectivity index (χ3v) is 5.02. The molecule has 0 saturated heterocycles. The summed E-state index contributed by atoms with van der Waals surface area (Å²) in [6, 6.07) is 12.9. The van der Waals surface area contributed by atoms with Crippen LogP contribution >= 0.6 is 11.6 Å². The molecule has 1 amide bonds. The van der Waals surface area contributed by atoms with E-state index in [0.717, 1.165) is 46.9 Å². The Balaban J connectivity index is 1.58. The molecule has 0 bridgehead atoms. The molecule has 0 radical (unpaired) electrons. The average Bonchev–Trinajstić information content (AvgIpc) is 3.11. The molecular weight excluding hydrogens is 348 g/mol. The Morgan fingerprint density at radius 2 is 1.92 bits per heavy atom. The minimum atomic E-state index is -0.257. The predicted molar refractivity (Wildman–Crippen MR) is 106 cm³/mol. The standard InChI is InChI=1S/C21H17ClN2O2/c22-18-7-2-1-4-13(18)8-11-20(25)23-14-9-10-16-15-5-3-6-17(15)21(26)24-19(16)12-14/h1-2,4,7-12H,3,5-6H2,(H,23,25)(H,24,26)/b11-8+. The summed E-state index contributed by atoms with van der Waals surface area (Å²) in [7, 11) is 0. The average molecular weight is 365 g/mol. The van der Waals surface area contributed by atoms with Gasteiger partial charge in [0.25, 0.3) is 5.56 Å². The number of hydrogen-bond acceptors (Lipinski definition) is 2. The van der Waals surface area contributed by atoms with E-state index >= 15 is 0 Å². The predicted octanol–water partition coefficient (Wildman–Crippen LogP) is 4.32. The maximum absolute atomic E-state index is 12.2. The van der Waals surface area contributed by atoms with Gasteiger partial charge in [0.2, 0.25) is 5.91 Å². The molecule has 0 spiro atoms. The summed E-state index contributed by atoms with van der Waals surface area (Å²) in [6.45, 7) is 0. The van der Waals surface area contributed by atoms with Gasteiger partial charge in [0, 0.05) is 27.7 Å². The van der Waals surface area contributed by atoms with Crippen molar-refractivity contribution in [3.05, 3.63) is 80.6 Å². The second kappa shape index (κ2) is 6.81. The molecule has 0 saturated carbocycles. The molecule has 0 aliphatic heterocycles. The third kappa shape index (κ3) is 3.16. The third-order valence-electron chi connectivity index (χ3n) is 4.67. The Morgan fingerprint density at radius 1 is 1.12 bits per heavy atom. The number of amides is 1. The normalized spacial score (nSPS) is 13.3. The fraction of sp³-hybridized carbons (Fsp3) is 0.143. The van der Waals surface area contributed by atoms with Crippen molar-refractivity contribution in [3.8, 4) is 0 Å². The summed E-state index contributed by atoms with van der Waals surface area (Å²) in [4.78, 5) is 27.3. The molecule has 4 rings (SSSR count). The molecule has 1 heterocycles. The van der Waals surface area contributed by atoms with Gasteiger partial charge in [0.15, 0.2) is 0 Å². The van der Waals surface area contributed by atoms with E-state index in [0.29, 0.717) is 10.7 Å². The second-order valence-electron chi connectivity index (χ2n) is 6.37. The van der Waals surface area contributed by atoms with Crippen LogP contribution in [0.25, 0.3) is 17.0 Å². The fourth-order valence-corrected chi connectivity index (χ4v) is 3.64. The summed E-state index contributed by atoms with van der Waals surface area (Å²) in [5, 5.41) is 4.47. The molecule has 0 fully saturated rings. The Kier molecular flexibility index (Phi) is 4.35. The van der Waals surface area contributed by atoms with E-state index in [1.165, 1.54) is 6.08 Å². The lowest BCUT2D eigenvalue weighted by atomic mass is 10.1. The molecule has 3 aromatic rings. The highest BCUT2D eigenvalue weighted by molar-refractivity contribution is 6.32. The van der Waals surface area contributed by atoms with Crippen LogP contribution in [0.2, 0.25) is 5.02 Å². The first-order valence-electron chi connectivity index (χ1n) is 8.53. The molecule has 1 aromatic heterocycles. The topological polar surface area (TPSA) is 62.0 Å². The van der Waals surface area contributed by atoms with E-state index in [1.807, 2.05) is 30.3 Å². The zero-order valence-electron chi connectivity index (χ0n) is 14.0. The molecule has 1 aliphatic carbocycles. The molecule has 1 aliphatic rings. The number of aryl methyl sites for hydroxylation is 1. The zero-order valence-corrected chi connectivity index (χ0v) is 14.8. The Hall–Kier alpha value is -2.85. The highest BCUT2D eigenvalue weighted by atomic mass is 35.5. The SMILES string of the molecule is O=C(/C=C/c1ccccc1Cl)Nc1ccc2c3c(c(=O)[nH]c2c1)CCC3. The van der Waals surface area contributed by atoms with E-state index in [2.05, 4.69) is 10.3 Å². The van der Waals surface area contributed by atoms with Crippen LogP contribution < -0.4 is 10.9 Å². The van der Waals surface area contributed by atoms with E-state index in [4.69, 9.17) is 11.6 Å². The van der Waals surface area contributed by atoms with Gasteiger partial charge in [-0.2, -0.15) is 0 Å². The summed E-state index contributed by atoms with van der Waals surface area (Å²) < 4.78 is 0. The number of fused-ring (bicyclic) bond motifs is 3. The minimum Gasteiger partial charge on any atom is -0.322 e. The number of aromatic amines is 1. The molecule has 2 N–H and O–H groups in total. The number of halogens is 1. The smallest absolute Gasteiger partial charge is 0.251 e. The van der Waals surface area contributed by atoms with Gasteiger partial charge in [-0.25, -0.2) is 0 Å². The number of H-pyrrole nitrogens is 1. The van der Waals surface area contributed by atoms with Crippen LogP contribution in [0.5, 0.6) is 0 Å². The largest absolute Gasteiger partial charge is 0.322 e. The van der Waals surface area contributed by atoms with Crippen molar-refractivity contribution >= 4 is 40.2 Å². The summed E-state index contributed by atoms with van der Waals surface area (Å²) in [6.07, 6.45) is 5.90. The van der Waals surface area contributed by atoms with Crippen molar-refractivity contribution in [3.63, 3.8) is 0 Å².